The van der Waals surface area contributed by atoms with Crippen molar-refractivity contribution >= 4 is 16.8 Å². The third-order valence-corrected chi connectivity index (χ3v) is 3.75. The Morgan fingerprint density at radius 1 is 1.32 bits per heavy atom. The van der Waals surface area contributed by atoms with Crippen molar-refractivity contribution in [2.24, 2.45) is 5.92 Å². The van der Waals surface area contributed by atoms with Crippen molar-refractivity contribution in [3.8, 4) is 0 Å². The highest BCUT2D eigenvalue weighted by Gasteiger charge is 2.27. The number of Topliss-reactive ketones (excluding diaryl/α,β-unsaturated/α-hetero) is 1. The Morgan fingerprint density at radius 2 is 2.00 bits per heavy atom. The van der Waals surface area contributed by atoms with Gasteiger partial charge in [0.1, 0.15) is 11.7 Å². The van der Waals surface area contributed by atoms with Crippen LogP contribution in [0.25, 0.3) is 11.0 Å². The predicted octanol–water partition coefficient (Wildman–Crippen LogP) is 3.72. The zero-order valence-electron chi connectivity index (χ0n) is 11.6. The molecule has 1 aromatic heterocycles. The van der Waals surface area contributed by atoms with Gasteiger partial charge in [0.15, 0.2) is 5.76 Å². The van der Waals surface area contributed by atoms with Crippen LogP contribution in [0.5, 0.6) is 0 Å². The summed E-state index contributed by atoms with van der Waals surface area (Å²) in [5, 5.41) is 11.0. The molecule has 3 nitrogen and oxygen atoms in total. The molecule has 0 aliphatic heterocycles. The van der Waals surface area contributed by atoms with Gasteiger partial charge in [-0.25, -0.2) is 0 Å². The Bertz CT molecular complexity index is 579. The number of benzene rings is 1. The van der Waals surface area contributed by atoms with Crippen LogP contribution in [0.15, 0.2) is 28.7 Å². The summed E-state index contributed by atoms with van der Waals surface area (Å²) in [5.41, 5.74) is 1.72. The van der Waals surface area contributed by atoms with Crippen molar-refractivity contribution in [3.05, 3.63) is 35.6 Å². The van der Waals surface area contributed by atoms with Crippen LogP contribution in [0.3, 0.4) is 0 Å². The molecule has 0 saturated heterocycles. The molecule has 0 aliphatic carbocycles. The SMILES string of the molecule is CCC(CC)C(O)C(=O)c1cc2cccc(C)c2o1. The molecule has 1 unspecified atom stereocenters. The van der Waals surface area contributed by atoms with Crippen molar-refractivity contribution in [3.63, 3.8) is 0 Å². The molecule has 1 N–H and O–H groups in total. The van der Waals surface area contributed by atoms with E-state index in [1.54, 1.807) is 6.07 Å². The minimum atomic E-state index is -0.976. The van der Waals surface area contributed by atoms with E-state index in [1.807, 2.05) is 39.0 Å². The Hall–Kier alpha value is -1.61. The molecule has 2 rings (SSSR count). The standard InChI is InChI=1S/C16H20O3/c1-4-11(5-2)14(17)15(18)13-9-12-8-6-7-10(3)16(12)19-13/h6-9,11,14,17H,4-5H2,1-3H3. The van der Waals surface area contributed by atoms with Gasteiger partial charge in [0.25, 0.3) is 0 Å². The number of ketones is 1. The lowest BCUT2D eigenvalue weighted by atomic mass is 9.93. The van der Waals surface area contributed by atoms with Crippen LogP contribution in [0.2, 0.25) is 0 Å². The quantitative estimate of drug-likeness (QED) is 0.833. The van der Waals surface area contributed by atoms with E-state index in [4.69, 9.17) is 4.42 Å². The third kappa shape index (κ3) is 2.56. The summed E-state index contributed by atoms with van der Waals surface area (Å²) in [5.74, 6) is -0.0743. The van der Waals surface area contributed by atoms with Crippen LogP contribution in [-0.2, 0) is 0 Å². The van der Waals surface area contributed by atoms with Gasteiger partial charge in [-0.05, 0) is 24.5 Å². The molecular weight excluding hydrogens is 240 g/mol. The summed E-state index contributed by atoms with van der Waals surface area (Å²) in [4.78, 5) is 12.2. The molecule has 1 heterocycles. The number of fused-ring (bicyclic) bond motifs is 1. The van der Waals surface area contributed by atoms with Gasteiger partial charge in [0.05, 0.1) is 0 Å². The van der Waals surface area contributed by atoms with Crippen molar-refractivity contribution in [2.75, 3.05) is 0 Å². The Morgan fingerprint density at radius 3 is 2.58 bits per heavy atom. The number of carbonyl (C=O) groups is 1. The van der Waals surface area contributed by atoms with Gasteiger partial charge in [-0.2, -0.15) is 0 Å². The van der Waals surface area contributed by atoms with Gasteiger partial charge in [0, 0.05) is 5.39 Å². The fourth-order valence-corrected chi connectivity index (χ4v) is 2.43. The van der Waals surface area contributed by atoms with Crippen LogP contribution in [-0.4, -0.2) is 17.0 Å². The summed E-state index contributed by atoms with van der Waals surface area (Å²) in [6.07, 6.45) is 0.585. The molecule has 0 radical (unpaired) electrons. The summed E-state index contributed by atoms with van der Waals surface area (Å²) in [7, 11) is 0. The number of para-hydroxylation sites is 1. The average molecular weight is 260 g/mol. The molecule has 0 spiro atoms. The second kappa shape index (κ2) is 5.57. The first-order valence-electron chi connectivity index (χ1n) is 6.79. The second-order valence-corrected chi connectivity index (χ2v) is 4.99. The second-order valence-electron chi connectivity index (χ2n) is 4.99. The number of aliphatic hydroxyl groups excluding tert-OH is 1. The van der Waals surface area contributed by atoms with E-state index in [0.717, 1.165) is 29.4 Å². The number of hydrogen-bond acceptors (Lipinski definition) is 3. The van der Waals surface area contributed by atoms with E-state index in [9.17, 15) is 9.90 Å². The number of carbonyl (C=O) groups excluding carboxylic acids is 1. The van der Waals surface area contributed by atoms with Gasteiger partial charge in [-0.1, -0.05) is 44.9 Å². The minimum Gasteiger partial charge on any atom is -0.453 e. The van der Waals surface area contributed by atoms with Crippen molar-refractivity contribution in [1.29, 1.82) is 0 Å². The molecular formula is C16H20O3. The zero-order chi connectivity index (χ0) is 14.0. The van der Waals surface area contributed by atoms with Crippen LogP contribution in [0.1, 0.15) is 42.8 Å². The van der Waals surface area contributed by atoms with Crippen LogP contribution in [0.4, 0.5) is 0 Å². The van der Waals surface area contributed by atoms with Crippen LogP contribution < -0.4 is 0 Å². The number of rotatable bonds is 5. The average Bonchev–Trinajstić information content (AvgIpc) is 2.84. The summed E-state index contributed by atoms with van der Waals surface area (Å²) in [6.45, 7) is 5.90. The molecule has 19 heavy (non-hydrogen) atoms. The maximum Gasteiger partial charge on any atom is 0.226 e. The minimum absolute atomic E-state index is 0.0122. The lowest BCUT2D eigenvalue weighted by molar-refractivity contribution is 0.0562. The molecule has 0 amide bonds. The number of hydrogen-bond donors (Lipinski definition) is 1. The van der Waals surface area contributed by atoms with Crippen molar-refractivity contribution in [1.82, 2.24) is 0 Å². The third-order valence-electron chi connectivity index (χ3n) is 3.75. The smallest absolute Gasteiger partial charge is 0.226 e. The van der Waals surface area contributed by atoms with Gasteiger partial charge in [-0.3, -0.25) is 4.79 Å². The van der Waals surface area contributed by atoms with E-state index in [0.29, 0.717) is 0 Å². The van der Waals surface area contributed by atoms with E-state index >= 15 is 0 Å². The zero-order valence-corrected chi connectivity index (χ0v) is 11.6. The van der Waals surface area contributed by atoms with E-state index in [-0.39, 0.29) is 17.5 Å². The molecule has 0 fully saturated rings. The van der Waals surface area contributed by atoms with Crippen molar-refractivity contribution in [2.45, 2.75) is 39.7 Å². The van der Waals surface area contributed by atoms with E-state index in [2.05, 4.69) is 0 Å². The number of aliphatic hydroxyl groups is 1. The highest BCUT2D eigenvalue weighted by atomic mass is 16.4. The first-order valence-corrected chi connectivity index (χ1v) is 6.79. The highest BCUT2D eigenvalue weighted by molar-refractivity contribution is 6.00. The number of furan rings is 1. The largest absolute Gasteiger partial charge is 0.453 e. The van der Waals surface area contributed by atoms with Gasteiger partial charge in [-0.15, -0.1) is 0 Å². The van der Waals surface area contributed by atoms with Gasteiger partial charge in [0.2, 0.25) is 5.78 Å². The Kier molecular flexibility index (Phi) is 4.05. The van der Waals surface area contributed by atoms with Crippen molar-refractivity contribution < 1.29 is 14.3 Å². The van der Waals surface area contributed by atoms with Gasteiger partial charge < -0.3 is 9.52 Å². The maximum atomic E-state index is 12.2. The first kappa shape index (κ1) is 13.8. The topological polar surface area (TPSA) is 50.4 Å². The molecule has 0 bridgehead atoms. The summed E-state index contributed by atoms with van der Waals surface area (Å²) in [6, 6.07) is 7.50. The monoisotopic (exact) mass is 260 g/mol. The van der Waals surface area contributed by atoms with Crippen LogP contribution in [0, 0.1) is 12.8 Å². The molecule has 102 valence electrons. The molecule has 0 saturated carbocycles. The fraction of sp³-hybridized carbons (Fsp3) is 0.438. The first-order chi connectivity index (χ1) is 9.08. The van der Waals surface area contributed by atoms with Gasteiger partial charge >= 0.3 is 0 Å². The lowest BCUT2D eigenvalue weighted by Crippen LogP contribution is -2.28. The van der Waals surface area contributed by atoms with E-state index in [1.165, 1.54) is 0 Å². The highest BCUT2D eigenvalue weighted by Crippen LogP contribution is 2.25. The lowest BCUT2D eigenvalue weighted by Gasteiger charge is -2.17. The van der Waals surface area contributed by atoms with E-state index < -0.39 is 6.10 Å². The molecule has 0 aliphatic rings. The predicted molar refractivity (Wildman–Crippen MR) is 75.4 cm³/mol. The fourth-order valence-electron chi connectivity index (χ4n) is 2.43. The van der Waals surface area contributed by atoms with Crippen LogP contribution >= 0.6 is 0 Å². The maximum absolute atomic E-state index is 12.2. The Labute approximate surface area is 113 Å². The summed E-state index contributed by atoms with van der Waals surface area (Å²) < 4.78 is 5.61. The molecule has 2 aromatic rings. The Balaban J connectivity index is 2.34. The normalized spacial score (nSPS) is 13.1. The molecule has 3 heteroatoms. The molecule has 1 aromatic carbocycles. The number of aryl methyl sites for hydroxylation is 1. The summed E-state index contributed by atoms with van der Waals surface area (Å²) >= 11 is 0. The molecule has 1 atom stereocenters.